The van der Waals surface area contributed by atoms with Crippen LogP contribution in [-0.4, -0.2) is 43.0 Å². The van der Waals surface area contributed by atoms with Gasteiger partial charge in [0.05, 0.1) is 25.3 Å². The number of rotatable bonds is 5. The predicted molar refractivity (Wildman–Crippen MR) is 95.6 cm³/mol. The summed E-state index contributed by atoms with van der Waals surface area (Å²) in [6.07, 6.45) is 1.58. The van der Waals surface area contributed by atoms with Gasteiger partial charge in [-0.05, 0) is 44.0 Å². The standard InChI is InChI=1S/C19H23N3O3/c1-3-25-19(23)14-9-11-22(12-10-14)18-8-7-17(20-21-18)15-5-4-6-16(13-15)24-2/h4-8,13-14H,3,9-12H2,1-2H3. The van der Waals surface area contributed by atoms with Crippen molar-refractivity contribution in [2.75, 3.05) is 31.7 Å². The number of hydrogen-bond donors (Lipinski definition) is 0. The minimum absolute atomic E-state index is 0.000200. The van der Waals surface area contributed by atoms with Crippen LogP contribution in [0.2, 0.25) is 0 Å². The molecule has 0 radical (unpaired) electrons. The van der Waals surface area contributed by atoms with Gasteiger partial charge in [-0.3, -0.25) is 4.79 Å². The number of carbonyl (C=O) groups is 1. The minimum Gasteiger partial charge on any atom is -0.497 e. The normalized spacial score (nSPS) is 15.0. The first kappa shape index (κ1) is 17.2. The van der Waals surface area contributed by atoms with Crippen LogP contribution in [0.1, 0.15) is 19.8 Å². The molecule has 0 spiro atoms. The molecule has 0 bridgehead atoms. The lowest BCUT2D eigenvalue weighted by molar-refractivity contribution is -0.148. The van der Waals surface area contributed by atoms with E-state index < -0.39 is 0 Å². The first-order valence-corrected chi connectivity index (χ1v) is 8.61. The summed E-state index contributed by atoms with van der Waals surface area (Å²) in [5, 5.41) is 8.70. The third-order valence-corrected chi connectivity index (χ3v) is 4.45. The van der Waals surface area contributed by atoms with Crippen molar-refractivity contribution < 1.29 is 14.3 Å². The molecule has 1 aliphatic rings. The molecule has 0 amide bonds. The second-order valence-corrected chi connectivity index (χ2v) is 6.02. The van der Waals surface area contributed by atoms with Crippen LogP contribution in [0.5, 0.6) is 5.75 Å². The van der Waals surface area contributed by atoms with Crippen molar-refractivity contribution in [1.82, 2.24) is 10.2 Å². The number of nitrogens with zero attached hydrogens (tertiary/aromatic N) is 3. The minimum atomic E-state index is -0.0818. The van der Waals surface area contributed by atoms with Gasteiger partial charge in [-0.15, -0.1) is 10.2 Å². The Morgan fingerprint density at radius 3 is 2.64 bits per heavy atom. The molecular formula is C19H23N3O3. The molecule has 1 aromatic carbocycles. The molecule has 0 atom stereocenters. The molecule has 0 aliphatic carbocycles. The fraction of sp³-hybridized carbons (Fsp3) is 0.421. The number of methoxy groups -OCH3 is 1. The summed E-state index contributed by atoms with van der Waals surface area (Å²) in [5.41, 5.74) is 1.78. The molecule has 6 heteroatoms. The van der Waals surface area contributed by atoms with E-state index in [1.807, 2.05) is 43.3 Å². The van der Waals surface area contributed by atoms with Crippen LogP contribution in [0.3, 0.4) is 0 Å². The van der Waals surface area contributed by atoms with Gasteiger partial charge in [-0.1, -0.05) is 12.1 Å². The Morgan fingerprint density at radius 1 is 1.20 bits per heavy atom. The van der Waals surface area contributed by atoms with Crippen LogP contribution in [0, 0.1) is 5.92 Å². The summed E-state index contributed by atoms with van der Waals surface area (Å²) in [4.78, 5) is 14.0. The lowest BCUT2D eigenvalue weighted by Crippen LogP contribution is -2.37. The summed E-state index contributed by atoms with van der Waals surface area (Å²) in [6.45, 7) is 3.86. The smallest absolute Gasteiger partial charge is 0.309 e. The quantitative estimate of drug-likeness (QED) is 0.779. The fourth-order valence-electron chi connectivity index (χ4n) is 3.03. The Bertz CT molecular complexity index is 710. The third kappa shape index (κ3) is 4.07. The van der Waals surface area contributed by atoms with Crippen molar-refractivity contribution in [3.05, 3.63) is 36.4 Å². The van der Waals surface area contributed by atoms with E-state index >= 15 is 0 Å². The molecule has 1 aliphatic heterocycles. The summed E-state index contributed by atoms with van der Waals surface area (Å²) < 4.78 is 10.4. The summed E-state index contributed by atoms with van der Waals surface area (Å²) in [5.74, 6) is 1.56. The van der Waals surface area contributed by atoms with Crippen LogP contribution >= 0.6 is 0 Å². The van der Waals surface area contributed by atoms with Gasteiger partial charge in [-0.25, -0.2) is 0 Å². The molecule has 2 heterocycles. The highest BCUT2D eigenvalue weighted by molar-refractivity contribution is 5.72. The Morgan fingerprint density at radius 2 is 2.00 bits per heavy atom. The van der Waals surface area contributed by atoms with Crippen molar-refractivity contribution in [1.29, 1.82) is 0 Å². The number of aromatic nitrogens is 2. The predicted octanol–water partition coefficient (Wildman–Crippen LogP) is 2.93. The van der Waals surface area contributed by atoms with E-state index in [0.717, 1.165) is 48.8 Å². The third-order valence-electron chi connectivity index (χ3n) is 4.45. The van der Waals surface area contributed by atoms with Gasteiger partial charge in [0, 0.05) is 18.7 Å². The van der Waals surface area contributed by atoms with Gasteiger partial charge in [0.15, 0.2) is 5.82 Å². The zero-order chi connectivity index (χ0) is 17.6. The number of hydrogen-bond acceptors (Lipinski definition) is 6. The van der Waals surface area contributed by atoms with Crippen LogP contribution in [0.15, 0.2) is 36.4 Å². The summed E-state index contributed by atoms with van der Waals surface area (Å²) in [6, 6.07) is 11.7. The number of carbonyl (C=O) groups excluding carboxylic acids is 1. The number of anilines is 1. The highest BCUT2D eigenvalue weighted by atomic mass is 16.5. The largest absolute Gasteiger partial charge is 0.497 e. The fourth-order valence-corrected chi connectivity index (χ4v) is 3.03. The highest BCUT2D eigenvalue weighted by Gasteiger charge is 2.26. The van der Waals surface area contributed by atoms with Gasteiger partial charge in [0.25, 0.3) is 0 Å². The van der Waals surface area contributed by atoms with Gasteiger partial charge in [0.2, 0.25) is 0 Å². The zero-order valence-corrected chi connectivity index (χ0v) is 14.6. The SMILES string of the molecule is CCOC(=O)C1CCN(c2ccc(-c3cccc(OC)c3)nn2)CC1. The van der Waals surface area contributed by atoms with E-state index in [4.69, 9.17) is 9.47 Å². The van der Waals surface area contributed by atoms with Crippen molar-refractivity contribution in [3.8, 4) is 17.0 Å². The van der Waals surface area contributed by atoms with E-state index in [1.165, 1.54) is 0 Å². The number of ether oxygens (including phenoxy) is 2. The number of esters is 1. The monoisotopic (exact) mass is 341 g/mol. The maximum Gasteiger partial charge on any atom is 0.309 e. The molecule has 1 fully saturated rings. The molecule has 25 heavy (non-hydrogen) atoms. The molecule has 0 N–H and O–H groups in total. The van der Waals surface area contributed by atoms with Gasteiger partial charge >= 0.3 is 5.97 Å². The molecule has 0 unspecified atom stereocenters. The van der Waals surface area contributed by atoms with Crippen LogP contribution in [0.25, 0.3) is 11.3 Å². The molecular weight excluding hydrogens is 318 g/mol. The van der Waals surface area contributed by atoms with E-state index in [9.17, 15) is 4.79 Å². The lowest BCUT2D eigenvalue weighted by Gasteiger charge is -2.31. The molecule has 1 aromatic heterocycles. The van der Waals surface area contributed by atoms with E-state index in [1.54, 1.807) is 7.11 Å². The molecule has 0 saturated carbocycles. The summed E-state index contributed by atoms with van der Waals surface area (Å²) >= 11 is 0. The first-order valence-electron chi connectivity index (χ1n) is 8.61. The molecule has 3 rings (SSSR count). The molecule has 2 aromatic rings. The average molecular weight is 341 g/mol. The Labute approximate surface area is 147 Å². The Balaban J connectivity index is 1.64. The maximum absolute atomic E-state index is 11.8. The zero-order valence-electron chi connectivity index (χ0n) is 14.6. The van der Waals surface area contributed by atoms with Crippen LogP contribution < -0.4 is 9.64 Å². The van der Waals surface area contributed by atoms with Gasteiger partial charge < -0.3 is 14.4 Å². The maximum atomic E-state index is 11.8. The lowest BCUT2D eigenvalue weighted by atomic mass is 9.97. The Hall–Kier alpha value is -2.63. The molecule has 1 saturated heterocycles. The van der Waals surface area contributed by atoms with Crippen molar-refractivity contribution in [2.45, 2.75) is 19.8 Å². The van der Waals surface area contributed by atoms with Crippen LogP contribution in [0.4, 0.5) is 5.82 Å². The molecule has 6 nitrogen and oxygen atoms in total. The topological polar surface area (TPSA) is 64.5 Å². The van der Waals surface area contributed by atoms with Crippen LogP contribution in [-0.2, 0) is 9.53 Å². The molecule has 132 valence electrons. The number of piperidine rings is 1. The number of benzene rings is 1. The van der Waals surface area contributed by atoms with Gasteiger partial charge in [0.1, 0.15) is 5.75 Å². The van der Waals surface area contributed by atoms with E-state index in [0.29, 0.717) is 6.61 Å². The average Bonchev–Trinajstić information content (AvgIpc) is 2.68. The second-order valence-electron chi connectivity index (χ2n) is 6.02. The highest BCUT2D eigenvalue weighted by Crippen LogP contribution is 2.25. The Kier molecular flexibility index (Phi) is 5.48. The van der Waals surface area contributed by atoms with Crippen molar-refractivity contribution in [3.63, 3.8) is 0 Å². The first-order chi connectivity index (χ1) is 12.2. The van der Waals surface area contributed by atoms with E-state index in [2.05, 4.69) is 15.1 Å². The van der Waals surface area contributed by atoms with Crippen molar-refractivity contribution >= 4 is 11.8 Å². The second kappa shape index (κ2) is 7.96. The van der Waals surface area contributed by atoms with Gasteiger partial charge in [-0.2, -0.15) is 0 Å². The van der Waals surface area contributed by atoms with Crippen molar-refractivity contribution in [2.24, 2.45) is 5.92 Å². The van der Waals surface area contributed by atoms with E-state index in [-0.39, 0.29) is 11.9 Å². The summed E-state index contributed by atoms with van der Waals surface area (Å²) in [7, 11) is 1.65.